The van der Waals surface area contributed by atoms with Crippen molar-refractivity contribution in [1.82, 2.24) is 0 Å². The molecule has 1 fully saturated rings. The molecule has 9 nitrogen and oxygen atoms in total. The minimum Gasteiger partial charge on any atom is -0.493 e. The van der Waals surface area contributed by atoms with E-state index in [-0.39, 0.29) is 35.2 Å². The third-order valence-corrected chi connectivity index (χ3v) is 7.87. The van der Waals surface area contributed by atoms with Crippen molar-refractivity contribution in [1.29, 1.82) is 0 Å². The maximum atomic E-state index is 13.2. The standard InChI is InChI=1S/C27H39NO8S/c1-6-11-34-24-16-19(17-25(27(24)35-12-7-2)37(29,30)13-10-28)21-9-8-20(36-21)18-14-22(31-3)26(33-5)23(15-18)32-4/h14-17,20-21H,6-13,28H2,1-5H3/t20-,21-/m1/s1. The second-order valence-corrected chi connectivity index (χ2v) is 10.9. The van der Waals surface area contributed by atoms with Crippen LogP contribution in [0.1, 0.15) is 62.9 Å². The Hall–Kier alpha value is -2.69. The molecule has 37 heavy (non-hydrogen) atoms. The van der Waals surface area contributed by atoms with E-state index in [0.717, 1.165) is 30.4 Å². The Morgan fingerprint density at radius 1 is 0.811 bits per heavy atom. The Labute approximate surface area is 220 Å². The van der Waals surface area contributed by atoms with Gasteiger partial charge >= 0.3 is 0 Å². The highest BCUT2D eigenvalue weighted by Gasteiger charge is 2.32. The lowest BCUT2D eigenvalue weighted by molar-refractivity contribution is 0.0435. The maximum Gasteiger partial charge on any atom is 0.203 e. The molecule has 206 valence electrons. The van der Waals surface area contributed by atoms with E-state index in [1.54, 1.807) is 27.4 Å². The van der Waals surface area contributed by atoms with E-state index in [1.165, 1.54) is 0 Å². The number of benzene rings is 2. The first-order valence-electron chi connectivity index (χ1n) is 12.6. The van der Waals surface area contributed by atoms with Crippen LogP contribution >= 0.6 is 0 Å². The number of hydrogen-bond donors (Lipinski definition) is 1. The van der Waals surface area contributed by atoms with Gasteiger partial charge in [-0.05, 0) is 61.1 Å². The number of sulfone groups is 1. The Balaban J connectivity index is 2.01. The molecule has 10 heteroatoms. The second kappa shape index (κ2) is 13.2. The van der Waals surface area contributed by atoms with Crippen LogP contribution in [-0.4, -0.2) is 55.3 Å². The largest absolute Gasteiger partial charge is 0.493 e. The third-order valence-electron chi connectivity index (χ3n) is 6.13. The van der Waals surface area contributed by atoms with E-state index in [0.29, 0.717) is 42.6 Å². The maximum absolute atomic E-state index is 13.2. The van der Waals surface area contributed by atoms with E-state index in [2.05, 4.69) is 0 Å². The summed E-state index contributed by atoms with van der Waals surface area (Å²) in [4.78, 5) is 0.0924. The van der Waals surface area contributed by atoms with Gasteiger partial charge in [-0.15, -0.1) is 0 Å². The van der Waals surface area contributed by atoms with Crippen LogP contribution in [0.4, 0.5) is 0 Å². The Bertz CT molecular complexity index is 1130. The van der Waals surface area contributed by atoms with E-state index < -0.39 is 9.84 Å². The molecule has 0 aliphatic carbocycles. The van der Waals surface area contributed by atoms with Crippen molar-refractivity contribution in [2.45, 2.75) is 56.6 Å². The molecule has 0 radical (unpaired) electrons. The van der Waals surface area contributed by atoms with E-state index in [9.17, 15) is 8.42 Å². The van der Waals surface area contributed by atoms with Crippen molar-refractivity contribution in [3.8, 4) is 28.7 Å². The zero-order chi connectivity index (χ0) is 27.0. The van der Waals surface area contributed by atoms with Gasteiger partial charge < -0.3 is 34.2 Å². The number of methoxy groups -OCH3 is 3. The van der Waals surface area contributed by atoms with Gasteiger partial charge in [0.25, 0.3) is 0 Å². The molecule has 0 bridgehead atoms. The number of ether oxygens (including phenoxy) is 6. The molecule has 0 amide bonds. The summed E-state index contributed by atoms with van der Waals surface area (Å²) in [6, 6.07) is 7.24. The number of nitrogens with two attached hydrogens (primary N) is 1. The van der Waals surface area contributed by atoms with Crippen molar-refractivity contribution >= 4 is 9.84 Å². The van der Waals surface area contributed by atoms with Crippen LogP contribution in [0.15, 0.2) is 29.2 Å². The summed E-state index contributed by atoms with van der Waals surface area (Å²) in [6.07, 6.45) is 2.35. The van der Waals surface area contributed by atoms with Gasteiger partial charge in [-0.2, -0.15) is 0 Å². The molecule has 0 unspecified atom stereocenters. The quantitative estimate of drug-likeness (QED) is 0.369. The first kappa shape index (κ1) is 28.9. The molecule has 1 aliphatic heterocycles. The van der Waals surface area contributed by atoms with Gasteiger partial charge in [-0.25, -0.2) is 8.42 Å². The third kappa shape index (κ3) is 6.61. The van der Waals surface area contributed by atoms with Gasteiger partial charge in [-0.3, -0.25) is 0 Å². The van der Waals surface area contributed by atoms with E-state index >= 15 is 0 Å². The Kier molecular flexibility index (Phi) is 10.3. The molecule has 1 saturated heterocycles. The Morgan fingerprint density at radius 2 is 1.35 bits per heavy atom. The minimum absolute atomic E-state index is 0.00800. The molecule has 0 saturated carbocycles. The smallest absolute Gasteiger partial charge is 0.203 e. The van der Waals surface area contributed by atoms with Crippen molar-refractivity contribution in [3.05, 3.63) is 35.4 Å². The minimum atomic E-state index is -3.69. The fourth-order valence-electron chi connectivity index (χ4n) is 4.36. The van der Waals surface area contributed by atoms with Crippen LogP contribution in [-0.2, 0) is 14.6 Å². The molecule has 2 atom stereocenters. The predicted molar refractivity (Wildman–Crippen MR) is 141 cm³/mol. The molecule has 0 spiro atoms. The molecule has 1 heterocycles. The summed E-state index contributed by atoms with van der Waals surface area (Å²) in [5.41, 5.74) is 7.24. The Morgan fingerprint density at radius 3 is 1.86 bits per heavy atom. The molecule has 2 aromatic rings. The van der Waals surface area contributed by atoms with Crippen molar-refractivity contribution < 1.29 is 36.8 Å². The highest BCUT2D eigenvalue weighted by Crippen LogP contribution is 2.48. The molecule has 3 rings (SSSR count). The van der Waals surface area contributed by atoms with Gasteiger partial charge in [0.05, 0.1) is 52.5 Å². The first-order valence-corrected chi connectivity index (χ1v) is 14.3. The van der Waals surface area contributed by atoms with Gasteiger partial charge in [-0.1, -0.05) is 13.8 Å². The SMILES string of the molecule is CCCOc1cc([C@H]2CC[C@H](c3cc(OC)c(OC)c(OC)c3)O2)cc(S(=O)(=O)CCN)c1OCCC. The summed E-state index contributed by atoms with van der Waals surface area (Å²) in [5.74, 6) is 2.07. The zero-order valence-electron chi connectivity index (χ0n) is 22.4. The van der Waals surface area contributed by atoms with E-state index in [4.69, 9.17) is 34.2 Å². The normalized spacial score (nSPS) is 17.5. The molecular formula is C27H39NO8S. The van der Waals surface area contributed by atoms with Gasteiger partial charge in [0.1, 0.15) is 4.90 Å². The van der Waals surface area contributed by atoms with Crippen molar-refractivity contribution in [2.75, 3.05) is 46.8 Å². The van der Waals surface area contributed by atoms with Gasteiger partial charge in [0, 0.05) is 6.54 Å². The molecule has 2 N–H and O–H groups in total. The van der Waals surface area contributed by atoms with Crippen molar-refractivity contribution in [3.63, 3.8) is 0 Å². The predicted octanol–water partition coefficient (Wildman–Crippen LogP) is 4.62. The average Bonchev–Trinajstić information content (AvgIpc) is 3.40. The summed E-state index contributed by atoms with van der Waals surface area (Å²) in [5, 5.41) is 0. The summed E-state index contributed by atoms with van der Waals surface area (Å²) in [7, 11) is 1.01. The topological polar surface area (TPSA) is 116 Å². The molecule has 0 aromatic heterocycles. The average molecular weight is 538 g/mol. The lowest BCUT2D eigenvalue weighted by Gasteiger charge is -2.21. The van der Waals surface area contributed by atoms with Crippen molar-refractivity contribution in [2.24, 2.45) is 5.73 Å². The monoisotopic (exact) mass is 537 g/mol. The summed E-state index contributed by atoms with van der Waals surface area (Å²) >= 11 is 0. The fraction of sp³-hybridized carbons (Fsp3) is 0.556. The van der Waals surface area contributed by atoms with Crippen LogP contribution < -0.4 is 29.4 Å². The fourth-order valence-corrected chi connectivity index (χ4v) is 5.65. The van der Waals surface area contributed by atoms with Crippen LogP contribution in [0.5, 0.6) is 28.7 Å². The molecule has 2 aromatic carbocycles. The number of hydrogen-bond acceptors (Lipinski definition) is 9. The van der Waals surface area contributed by atoms with Gasteiger partial charge in [0.15, 0.2) is 32.8 Å². The summed E-state index contributed by atoms with van der Waals surface area (Å²) in [6.45, 7) is 4.77. The number of rotatable bonds is 14. The van der Waals surface area contributed by atoms with Gasteiger partial charge in [0.2, 0.25) is 5.75 Å². The van der Waals surface area contributed by atoms with Crippen LogP contribution in [0, 0.1) is 0 Å². The highest BCUT2D eigenvalue weighted by atomic mass is 32.2. The van der Waals surface area contributed by atoms with Crippen LogP contribution in [0.25, 0.3) is 0 Å². The van der Waals surface area contributed by atoms with E-state index in [1.807, 2.05) is 32.0 Å². The molecular weight excluding hydrogens is 498 g/mol. The van der Waals surface area contributed by atoms with Crippen LogP contribution in [0.2, 0.25) is 0 Å². The molecule has 1 aliphatic rings. The lowest BCUT2D eigenvalue weighted by Crippen LogP contribution is -2.18. The summed E-state index contributed by atoms with van der Waals surface area (Å²) < 4.78 is 61.2. The highest BCUT2D eigenvalue weighted by molar-refractivity contribution is 7.91. The lowest BCUT2D eigenvalue weighted by atomic mass is 10.0. The van der Waals surface area contributed by atoms with Crippen LogP contribution in [0.3, 0.4) is 0 Å². The zero-order valence-corrected chi connectivity index (χ0v) is 23.2. The first-order chi connectivity index (χ1) is 17.8. The second-order valence-electron chi connectivity index (χ2n) is 8.80.